The van der Waals surface area contributed by atoms with Crippen LogP contribution in [-0.2, 0) is 4.79 Å². The van der Waals surface area contributed by atoms with Gasteiger partial charge in [0.1, 0.15) is 5.69 Å². The highest BCUT2D eigenvalue weighted by atomic mass is 32.1. The number of hydrogen-bond donors (Lipinski definition) is 3. The molecule has 0 atom stereocenters. The summed E-state index contributed by atoms with van der Waals surface area (Å²) in [5.41, 5.74) is 6.90. The number of aromatic nitrogens is 5. The van der Waals surface area contributed by atoms with Gasteiger partial charge in [0.25, 0.3) is 0 Å². The lowest BCUT2D eigenvalue weighted by Gasteiger charge is -2.09. The van der Waals surface area contributed by atoms with Crippen LogP contribution in [0.5, 0.6) is 0 Å². The van der Waals surface area contributed by atoms with Crippen LogP contribution in [0.15, 0.2) is 73.4 Å². The molecule has 0 saturated carbocycles. The van der Waals surface area contributed by atoms with Crippen LogP contribution in [0, 0.1) is 12.8 Å². The molecule has 0 aliphatic heterocycles. The van der Waals surface area contributed by atoms with E-state index in [0.717, 1.165) is 44.4 Å². The number of nitrogens with one attached hydrogen (secondary N) is 3. The number of pyridine rings is 2. The zero-order valence-electron chi connectivity index (χ0n) is 21.9. The summed E-state index contributed by atoms with van der Waals surface area (Å²) < 4.78 is 0. The van der Waals surface area contributed by atoms with Crippen LogP contribution in [0.4, 0.5) is 0 Å². The third kappa shape index (κ3) is 5.08. The largest absolute Gasteiger partial charge is 0.352 e. The fourth-order valence-corrected chi connectivity index (χ4v) is 5.34. The zero-order chi connectivity index (χ0) is 26.8. The van der Waals surface area contributed by atoms with Crippen LogP contribution < -0.4 is 5.32 Å². The van der Waals surface area contributed by atoms with Crippen molar-refractivity contribution in [1.29, 1.82) is 0 Å². The van der Waals surface area contributed by atoms with E-state index >= 15 is 0 Å². The van der Waals surface area contributed by atoms with E-state index in [1.165, 1.54) is 9.75 Å². The molecule has 0 aliphatic rings. The Morgan fingerprint density at radius 3 is 2.74 bits per heavy atom. The van der Waals surface area contributed by atoms with Crippen LogP contribution in [0.1, 0.15) is 37.6 Å². The summed E-state index contributed by atoms with van der Waals surface area (Å²) in [6, 6.07) is 8.46. The minimum absolute atomic E-state index is 0.0299. The standard InChI is InChI=1S/C30H30N6OS/c1-6-19(11-21(7-2)33-28(37)10-17(3)4)20-12-23-29(35-36-30(23)32-14-20)25-13-22-24(15-31-16-26(22)34-25)27-9-8-18(5)38-27/h6-9,11-17,34H,2,10H2,1,3-5H3,(H,33,37)(H,32,35,36)/b19-6+,21-11+. The molecule has 38 heavy (non-hydrogen) atoms. The minimum Gasteiger partial charge on any atom is -0.352 e. The van der Waals surface area contributed by atoms with Crippen molar-refractivity contribution in [3.8, 4) is 21.8 Å². The fourth-order valence-electron chi connectivity index (χ4n) is 4.45. The number of amides is 1. The Morgan fingerprint density at radius 1 is 1.18 bits per heavy atom. The molecule has 0 bridgehead atoms. The molecule has 0 aromatic carbocycles. The monoisotopic (exact) mass is 522 g/mol. The van der Waals surface area contributed by atoms with Crippen LogP contribution >= 0.6 is 11.3 Å². The molecule has 7 nitrogen and oxygen atoms in total. The maximum absolute atomic E-state index is 12.3. The van der Waals surface area contributed by atoms with E-state index in [-0.39, 0.29) is 11.8 Å². The molecule has 5 heterocycles. The molecule has 5 aromatic rings. The van der Waals surface area contributed by atoms with E-state index in [0.29, 0.717) is 17.8 Å². The molecule has 3 N–H and O–H groups in total. The third-order valence-electron chi connectivity index (χ3n) is 6.28. The van der Waals surface area contributed by atoms with Crippen molar-refractivity contribution in [3.05, 3.63) is 83.8 Å². The molecular formula is C30H30N6OS. The Hall–Kier alpha value is -4.30. The van der Waals surface area contributed by atoms with Crippen molar-refractivity contribution in [2.75, 3.05) is 0 Å². The molecule has 0 aliphatic carbocycles. The molecule has 0 saturated heterocycles. The number of thiophene rings is 1. The zero-order valence-corrected chi connectivity index (χ0v) is 22.7. The summed E-state index contributed by atoms with van der Waals surface area (Å²) in [5, 5.41) is 12.6. The van der Waals surface area contributed by atoms with E-state index in [9.17, 15) is 4.79 Å². The molecule has 0 unspecified atom stereocenters. The lowest BCUT2D eigenvalue weighted by molar-refractivity contribution is -0.121. The summed E-state index contributed by atoms with van der Waals surface area (Å²) in [7, 11) is 0. The number of aromatic amines is 2. The molecule has 5 aromatic heterocycles. The minimum atomic E-state index is -0.0299. The van der Waals surface area contributed by atoms with Gasteiger partial charge in [-0.2, -0.15) is 5.10 Å². The highest BCUT2D eigenvalue weighted by Crippen LogP contribution is 2.36. The van der Waals surface area contributed by atoms with Gasteiger partial charge >= 0.3 is 0 Å². The fraction of sp³-hybridized carbons (Fsp3) is 0.200. The topological polar surface area (TPSA) is 99.3 Å². The first-order valence-corrected chi connectivity index (χ1v) is 13.4. The van der Waals surface area contributed by atoms with Gasteiger partial charge < -0.3 is 10.3 Å². The summed E-state index contributed by atoms with van der Waals surface area (Å²) >= 11 is 1.75. The van der Waals surface area contributed by atoms with Gasteiger partial charge in [-0.3, -0.25) is 14.9 Å². The van der Waals surface area contributed by atoms with Gasteiger partial charge in [-0.25, -0.2) is 4.98 Å². The maximum Gasteiger partial charge on any atom is 0.224 e. The number of carbonyl (C=O) groups excluding carboxylic acids is 1. The number of rotatable bonds is 8. The molecule has 8 heteroatoms. The SMILES string of the molecule is C=C/C(=C\C(=C/C)c1cnc2[nH]nc(-c3cc4c(-c5ccc(C)s5)cncc4[nH]3)c2c1)NC(=O)CC(C)C. The first kappa shape index (κ1) is 25.4. The summed E-state index contributed by atoms with van der Waals surface area (Å²) in [6.45, 7) is 12.0. The normalized spacial score (nSPS) is 12.6. The van der Waals surface area contributed by atoms with E-state index in [4.69, 9.17) is 0 Å². The Morgan fingerprint density at radius 2 is 2.03 bits per heavy atom. The number of hydrogen-bond acceptors (Lipinski definition) is 5. The Labute approximate surface area is 225 Å². The van der Waals surface area contributed by atoms with Gasteiger partial charge in [0, 0.05) is 56.2 Å². The van der Waals surface area contributed by atoms with Crippen molar-refractivity contribution in [3.63, 3.8) is 0 Å². The number of carbonyl (C=O) groups is 1. The van der Waals surface area contributed by atoms with Crippen molar-refractivity contribution in [1.82, 2.24) is 30.5 Å². The van der Waals surface area contributed by atoms with Crippen LogP contribution in [0.2, 0.25) is 0 Å². The number of aryl methyl sites for hydroxylation is 1. The number of nitrogens with zero attached hydrogens (tertiary/aromatic N) is 3. The highest BCUT2D eigenvalue weighted by molar-refractivity contribution is 7.15. The van der Waals surface area contributed by atoms with Crippen LogP contribution in [-0.4, -0.2) is 31.1 Å². The van der Waals surface area contributed by atoms with Crippen molar-refractivity contribution in [2.24, 2.45) is 5.92 Å². The molecule has 0 spiro atoms. The summed E-state index contributed by atoms with van der Waals surface area (Å²) in [5.74, 6) is 0.247. The number of fused-ring (bicyclic) bond motifs is 2. The Balaban J connectivity index is 1.52. The Kier molecular flexibility index (Phi) is 7.07. The van der Waals surface area contributed by atoms with E-state index in [2.05, 4.69) is 68.2 Å². The maximum atomic E-state index is 12.3. The number of allylic oxidation sites excluding steroid dienone is 4. The van der Waals surface area contributed by atoms with Gasteiger partial charge in [-0.15, -0.1) is 11.3 Å². The first-order valence-electron chi connectivity index (χ1n) is 12.5. The van der Waals surface area contributed by atoms with Crippen LogP contribution in [0.25, 0.3) is 49.3 Å². The highest BCUT2D eigenvalue weighted by Gasteiger charge is 2.16. The van der Waals surface area contributed by atoms with E-state index < -0.39 is 0 Å². The van der Waals surface area contributed by atoms with Gasteiger partial charge in [0.2, 0.25) is 5.91 Å². The summed E-state index contributed by atoms with van der Waals surface area (Å²) in [6.07, 6.45) is 11.6. The van der Waals surface area contributed by atoms with Gasteiger partial charge in [0.15, 0.2) is 5.65 Å². The average Bonchev–Trinajstić information content (AvgIpc) is 3.63. The number of H-pyrrole nitrogens is 2. The molecule has 5 rings (SSSR count). The van der Waals surface area contributed by atoms with E-state index in [1.54, 1.807) is 23.6 Å². The molecule has 1 amide bonds. The smallest absolute Gasteiger partial charge is 0.224 e. The lowest BCUT2D eigenvalue weighted by Crippen LogP contribution is -2.23. The molecule has 192 valence electrons. The predicted octanol–water partition coefficient (Wildman–Crippen LogP) is 7.17. The first-order chi connectivity index (χ1) is 18.4. The molecule has 0 fully saturated rings. The van der Waals surface area contributed by atoms with Crippen molar-refractivity contribution < 1.29 is 4.79 Å². The van der Waals surface area contributed by atoms with Crippen molar-refractivity contribution >= 4 is 44.8 Å². The van der Waals surface area contributed by atoms with Crippen LogP contribution in [0.3, 0.4) is 0 Å². The van der Waals surface area contributed by atoms with E-state index in [1.807, 2.05) is 45.3 Å². The predicted molar refractivity (Wildman–Crippen MR) is 157 cm³/mol. The molecule has 0 radical (unpaired) electrons. The lowest BCUT2D eigenvalue weighted by atomic mass is 10.0. The second-order valence-electron chi connectivity index (χ2n) is 9.63. The second-order valence-corrected chi connectivity index (χ2v) is 10.9. The quantitative estimate of drug-likeness (QED) is 0.188. The van der Waals surface area contributed by atoms with Gasteiger partial charge in [0.05, 0.1) is 17.4 Å². The molecular weight excluding hydrogens is 492 g/mol. The van der Waals surface area contributed by atoms with Gasteiger partial charge in [-0.1, -0.05) is 26.5 Å². The third-order valence-corrected chi connectivity index (χ3v) is 7.31. The average molecular weight is 523 g/mol. The Bertz CT molecular complexity index is 1720. The summed E-state index contributed by atoms with van der Waals surface area (Å²) in [4.78, 5) is 27.3. The van der Waals surface area contributed by atoms with Crippen molar-refractivity contribution in [2.45, 2.75) is 34.1 Å². The van der Waals surface area contributed by atoms with Gasteiger partial charge in [-0.05, 0) is 61.8 Å². The second kappa shape index (κ2) is 10.6.